The van der Waals surface area contributed by atoms with Crippen LogP contribution >= 0.6 is 0 Å². The van der Waals surface area contributed by atoms with Crippen molar-refractivity contribution in [2.75, 3.05) is 4.90 Å². The highest BCUT2D eigenvalue weighted by atomic mass is 16.2. The Labute approximate surface area is 122 Å². The highest BCUT2D eigenvalue weighted by Gasteiger charge is 2.56. The fourth-order valence-corrected chi connectivity index (χ4v) is 4.01. The number of hydrogen-bond donors (Lipinski definition) is 0. The molecular formula is C17H14N2O2. The number of carbonyl (C=O) groups excluding carboxylic acids is 2. The van der Waals surface area contributed by atoms with Gasteiger partial charge in [0.05, 0.1) is 29.2 Å². The second-order valence-corrected chi connectivity index (χ2v) is 6.01. The van der Waals surface area contributed by atoms with Crippen LogP contribution in [0.25, 0.3) is 0 Å². The quantitative estimate of drug-likeness (QED) is 0.584. The maximum absolute atomic E-state index is 12.7. The van der Waals surface area contributed by atoms with Crippen molar-refractivity contribution in [1.29, 1.82) is 5.26 Å². The van der Waals surface area contributed by atoms with Gasteiger partial charge in [-0.3, -0.25) is 14.5 Å². The van der Waals surface area contributed by atoms with Gasteiger partial charge in [-0.15, -0.1) is 0 Å². The van der Waals surface area contributed by atoms with Gasteiger partial charge in [0.15, 0.2) is 0 Å². The number of hydrogen-bond acceptors (Lipinski definition) is 3. The van der Waals surface area contributed by atoms with Crippen LogP contribution in [0, 0.1) is 35.0 Å². The summed E-state index contributed by atoms with van der Waals surface area (Å²) < 4.78 is 0. The summed E-state index contributed by atoms with van der Waals surface area (Å²) in [5.74, 6) is -0.101. The molecule has 1 saturated heterocycles. The highest BCUT2D eigenvalue weighted by Crippen LogP contribution is 2.50. The fourth-order valence-electron chi connectivity index (χ4n) is 4.01. The Hall–Kier alpha value is -2.41. The number of rotatable bonds is 1. The molecule has 4 heteroatoms. The van der Waals surface area contributed by atoms with Crippen molar-refractivity contribution in [2.45, 2.75) is 12.8 Å². The van der Waals surface area contributed by atoms with Crippen molar-refractivity contribution in [2.24, 2.45) is 23.7 Å². The Balaban J connectivity index is 1.73. The van der Waals surface area contributed by atoms with Crippen LogP contribution in [0.5, 0.6) is 0 Å². The molecule has 1 aliphatic heterocycles. The lowest BCUT2D eigenvalue weighted by atomic mass is 9.63. The van der Waals surface area contributed by atoms with Gasteiger partial charge in [-0.05, 0) is 48.9 Å². The molecule has 0 spiro atoms. The summed E-state index contributed by atoms with van der Waals surface area (Å²) in [6.45, 7) is 0. The van der Waals surface area contributed by atoms with E-state index in [-0.39, 0.29) is 35.5 Å². The molecule has 4 aliphatic rings. The van der Waals surface area contributed by atoms with Crippen LogP contribution in [0.4, 0.5) is 5.69 Å². The highest BCUT2D eigenvalue weighted by molar-refractivity contribution is 6.22. The molecule has 1 heterocycles. The lowest BCUT2D eigenvalue weighted by Gasteiger charge is -2.38. The average molecular weight is 278 g/mol. The van der Waals surface area contributed by atoms with Crippen LogP contribution in [0.2, 0.25) is 0 Å². The lowest BCUT2D eigenvalue weighted by Crippen LogP contribution is -2.38. The van der Waals surface area contributed by atoms with E-state index in [0.29, 0.717) is 11.3 Å². The lowest BCUT2D eigenvalue weighted by molar-refractivity contribution is -0.124. The number of imide groups is 1. The topological polar surface area (TPSA) is 61.2 Å². The van der Waals surface area contributed by atoms with Crippen molar-refractivity contribution >= 4 is 17.5 Å². The minimum atomic E-state index is -0.183. The molecule has 4 nitrogen and oxygen atoms in total. The number of carbonyl (C=O) groups is 2. The van der Waals surface area contributed by atoms with Gasteiger partial charge in [0.25, 0.3) is 0 Å². The summed E-state index contributed by atoms with van der Waals surface area (Å²) >= 11 is 0. The zero-order valence-electron chi connectivity index (χ0n) is 11.4. The number of nitrogens with zero attached hydrogens (tertiary/aromatic N) is 2. The van der Waals surface area contributed by atoms with E-state index in [1.165, 1.54) is 4.90 Å². The third kappa shape index (κ3) is 1.61. The molecule has 2 fully saturated rings. The second-order valence-electron chi connectivity index (χ2n) is 6.01. The third-order valence-corrected chi connectivity index (χ3v) is 5.01. The van der Waals surface area contributed by atoms with Gasteiger partial charge in [0.1, 0.15) is 0 Å². The zero-order chi connectivity index (χ0) is 14.6. The first-order valence-electron chi connectivity index (χ1n) is 7.27. The van der Waals surface area contributed by atoms with E-state index >= 15 is 0 Å². The Morgan fingerprint density at radius 2 is 1.48 bits per heavy atom. The predicted molar refractivity (Wildman–Crippen MR) is 76.0 cm³/mol. The molecule has 0 N–H and O–H groups in total. The Bertz CT molecular complexity index is 666. The maximum Gasteiger partial charge on any atom is 0.238 e. The standard InChI is InChI=1S/C17H14N2O2/c18-9-10-1-7-13(8-2-10)19-16(20)14-11-3-4-12(6-5-11)15(14)17(19)21/h1-4,7-8,11-12,14-15H,5-6H2/t11?,12?,14-,15+. The number of amides is 2. The Morgan fingerprint density at radius 3 is 1.90 bits per heavy atom. The normalized spacial score (nSPS) is 33.2. The number of fused-ring (bicyclic) bond motifs is 1. The molecule has 1 aromatic rings. The smallest absolute Gasteiger partial charge is 0.238 e. The van der Waals surface area contributed by atoms with Crippen LogP contribution < -0.4 is 4.90 Å². The van der Waals surface area contributed by atoms with E-state index in [2.05, 4.69) is 12.2 Å². The van der Waals surface area contributed by atoms with Gasteiger partial charge in [-0.2, -0.15) is 5.26 Å². The fraction of sp³-hybridized carbons (Fsp3) is 0.353. The molecule has 2 bridgehead atoms. The molecule has 1 aromatic carbocycles. The van der Waals surface area contributed by atoms with Gasteiger partial charge in [0.2, 0.25) is 11.8 Å². The van der Waals surface area contributed by atoms with Gasteiger partial charge in [-0.25, -0.2) is 0 Å². The first-order valence-corrected chi connectivity index (χ1v) is 7.27. The van der Waals surface area contributed by atoms with Gasteiger partial charge in [-0.1, -0.05) is 12.2 Å². The molecule has 2 unspecified atom stereocenters. The number of benzene rings is 1. The summed E-state index contributed by atoms with van der Waals surface area (Å²) in [5, 5.41) is 8.84. The van der Waals surface area contributed by atoms with Crippen molar-refractivity contribution < 1.29 is 9.59 Å². The largest absolute Gasteiger partial charge is 0.274 e. The van der Waals surface area contributed by atoms with Gasteiger partial charge in [0, 0.05) is 0 Å². The molecule has 21 heavy (non-hydrogen) atoms. The van der Waals surface area contributed by atoms with E-state index in [0.717, 1.165) is 12.8 Å². The average Bonchev–Trinajstić information content (AvgIpc) is 2.82. The van der Waals surface area contributed by atoms with E-state index in [9.17, 15) is 9.59 Å². The van der Waals surface area contributed by atoms with E-state index in [4.69, 9.17) is 5.26 Å². The maximum atomic E-state index is 12.7. The monoisotopic (exact) mass is 278 g/mol. The first-order chi connectivity index (χ1) is 10.2. The summed E-state index contributed by atoms with van der Waals surface area (Å²) in [7, 11) is 0. The SMILES string of the molecule is N#Cc1ccc(N2C(=O)[C@@H]3C4C=CC(CC4)[C@@H]3C2=O)cc1. The van der Waals surface area contributed by atoms with Crippen LogP contribution in [0.1, 0.15) is 18.4 Å². The van der Waals surface area contributed by atoms with Crippen molar-refractivity contribution in [3.05, 3.63) is 42.0 Å². The molecule has 4 atom stereocenters. The van der Waals surface area contributed by atoms with Crippen LogP contribution in [-0.4, -0.2) is 11.8 Å². The second kappa shape index (κ2) is 4.29. The third-order valence-electron chi connectivity index (χ3n) is 5.01. The van der Waals surface area contributed by atoms with Crippen LogP contribution in [-0.2, 0) is 9.59 Å². The van der Waals surface area contributed by atoms with Gasteiger partial charge < -0.3 is 0 Å². The first kappa shape index (κ1) is 12.3. The minimum absolute atomic E-state index is 0.0752. The number of nitriles is 1. The van der Waals surface area contributed by atoms with E-state index in [1.54, 1.807) is 24.3 Å². The Kier molecular flexibility index (Phi) is 2.52. The van der Waals surface area contributed by atoms with E-state index < -0.39 is 0 Å². The Morgan fingerprint density at radius 1 is 0.952 bits per heavy atom. The minimum Gasteiger partial charge on any atom is -0.274 e. The number of anilines is 1. The molecule has 2 amide bonds. The van der Waals surface area contributed by atoms with Crippen molar-refractivity contribution in [3.63, 3.8) is 0 Å². The molecular weight excluding hydrogens is 264 g/mol. The molecule has 1 saturated carbocycles. The molecule has 0 radical (unpaired) electrons. The molecule has 0 aromatic heterocycles. The van der Waals surface area contributed by atoms with Gasteiger partial charge >= 0.3 is 0 Å². The van der Waals surface area contributed by atoms with Crippen molar-refractivity contribution in [1.82, 2.24) is 0 Å². The summed E-state index contributed by atoms with van der Waals surface area (Å²) in [6, 6.07) is 8.69. The van der Waals surface area contributed by atoms with Crippen molar-refractivity contribution in [3.8, 4) is 6.07 Å². The van der Waals surface area contributed by atoms with Crippen LogP contribution in [0.3, 0.4) is 0 Å². The zero-order valence-corrected chi connectivity index (χ0v) is 11.4. The summed E-state index contributed by atoms with van der Waals surface area (Å²) in [4.78, 5) is 26.7. The molecule has 104 valence electrons. The molecule has 3 aliphatic carbocycles. The summed E-state index contributed by atoms with van der Waals surface area (Å²) in [5.41, 5.74) is 1.11. The summed E-state index contributed by atoms with van der Waals surface area (Å²) in [6.07, 6.45) is 6.23. The number of allylic oxidation sites excluding steroid dienone is 2. The predicted octanol–water partition coefficient (Wildman–Crippen LogP) is 2.26. The molecule has 5 rings (SSSR count). The van der Waals surface area contributed by atoms with Crippen LogP contribution in [0.15, 0.2) is 36.4 Å². The van der Waals surface area contributed by atoms with E-state index in [1.807, 2.05) is 6.07 Å².